The van der Waals surface area contributed by atoms with Crippen molar-refractivity contribution in [1.82, 2.24) is 15.1 Å². The molecule has 0 radical (unpaired) electrons. The molecule has 2 aliphatic rings. The zero-order valence-corrected chi connectivity index (χ0v) is 15.7. The summed E-state index contributed by atoms with van der Waals surface area (Å²) in [4.78, 5) is 5.22. The van der Waals surface area contributed by atoms with Crippen molar-refractivity contribution in [3.05, 3.63) is 0 Å². The van der Waals surface area contributed by atoms with Crippen LogP contribution in [-0.2, 0) is 0 Å². The summed E-state index contributed by atoms with van der Waals surface area (Å²) in [5, 5.41) is 3.88. The molecule has 2 fully saturated rings. The summed E-state index contributed by atoms with van der Waals surface area (Å²) in [6.45, 7) is 20.7. The Hall–Kier alpha value is -0.120. The van der Waals surface area contributed by atoms with E-state index < -0.39 is 0 Å². The van der Waals surface area contributed by atoms with Crippen molar-refractivity contribution in [2.75, 3.05) is 45.8 Å². The molecule has 0 amide bonds. The highest BCUT2D eigenvalue weighted by atomic mass is 15.3. The van der Waals surface area contributed by atoms with Crippen LogP contribution in [0.25, 0.3) is 0 Å². The lowest BCUT2D eigenvalue weighted by molar-refractivity contribution is 0.117. The molecule has 0 aromatic carbocycles. The van der Waals surface area contributed by atoms with Crippen LogP contribution in [0.1, 0.15) is 53.9 Å². The number of rotatable bonds is 6. The number of piperazine rings is 1. The van der Waals surface area contributed by atoms with E-state index in [1.165, 1.54) is 65.1 Å². The van der Waals surface area contributed by atoms with E-state index in [-0.39, 0.29) is 0 Å². The topological polar surface area (TPSA) is 18.5 Å². The molecule has 2 rings (SSSR count). The van der Waals surface area contributed by atoms with Crippen molar-refractivity contribution >= 4 is 0 Å². The van der Waals surface area contributed by atoms with Gasteiger partial charge in [0.2, 0.25) is 0 Å². The molecule has 1 saturated heterocycles. The molecule has 0 bridgehead atoms. The lowest BCUT2D eigenvalue weighted by atomic mass is 9.70. The number of nitrogens with zero attached hydrogens (tertiary/aromatic N) is 2. The molecular formula is C19H39N3. The Morgan fingerprint density at radius 2 is 1.77 bits per heavy atom. The monoisotopic (exact) mass is 309 g/mol. The molecule has 22 heavy (non-hydrogen) atoms. The number of hydrogen-bond donors (Lipinski definition) is 1. The molecule has 0 aromatic heterocycles. The molecule has 1 heterocycles. The molecule has 0 spiro atoms. The van der Waals surface area contributed by atoms with Crippen LogP contribution in [0.3, 0.4) is 0 Å². The summed E-state index contributed by atoms with van der Waals surface area (Å²) >= 11 is 0. The molecule has 1 aliphatic carbocycles. The Balaban J connectivity index is 1.65. The van der Waals surface area contributed by atoms with Gasteiger partial charge in [-0.25, -0.2) is 0 Å². The van der Waals surface area contributed by atoms with Crippen molar-refractivity contribution in [2.24, 2.45) is 17.3 Å². The van der Waals surface area contributed by atoms with Gasteiger partial charge < -0.3 is 15.1 Å². The summed E-state index contributed by atoms with van der Waals surface area (Å²) in [7, 11) is 0. The third-order valence-electron chi connectivity index (χ3n) is 5.90. The highest BCUT2D eigenvalue weighted by Crippen LogP contribution is 2.38. The van der Waals surface area contributed by atoms with E-state index in [2.05, 4.69) is 49.7 Å². The third kappa shape index (κ3) is 5.50. The summed E-state index contributed by atoms with van der Waals surface area (Å²) in [6.07, 6.45) is 4.11. The number of hydrogen-bond acceptors (Lipinski definition) is 3. The van der Waals surface area contributed by atoms with E-state index in [4.69, 9.17) is 0 Å². The summed E-state index contributed by atoms with van der Waals surface area (Å²) in [6, 6.07) is 0.743. The van der Waals surface area contributed by atoms with Crippen LogP contribution in [0.4, 0.5) is 0 Å². The second-order valence-corrected chi connectivity index (χ2v) is 8.74. The first kappa shape index (κ1) is 18.2. The number of likely N-dealkylation sites (N-methyl/N-ethyl adjacent to an activating group) is 1. The lowest BCUT2D eigenvalue weighted by Gasteiger charge is -2.40. The van der Waals surface area contributed by atoms with E-state index >= 15 is 0 Å². The SMILES string of the molecule is CCN1CCN(C[C@H](C)CN[C@@H]2CCC(C)(C)C[C@H]2C)CC1. The van der Waals surface area contributed by atoms with Crippen molar-refractivity contribution in [1.29, 1.82) is 0 Å². The standard InChI is InChI=1S/C19H39N3/c1-6-21-9-11-22(12-10-21)15-16(2)14-20-18-7-8-19(4,5)13-17(18)3/h16-18,20H,6-15H2,1-5H3/t16-,17-,18-/m1/s1. The Labute approximate surface area is 138 Å². The van der Waals surface area contributed by atoms with Crippen molar-refractivity contribution < 1.29 is 0 Å². The van der Waals surface area contributed by atoms with Crippen LogP contribution < -0.4 is 5.32 Å². The highest BCUT2D eigenvalue weighted by Gasteiger charge is 2.32. The van der Waals surface area contributed by atoms with Crippen LogP contribution >= 0.6 is 0 Å². The van der Waals surface area contributed by atoms with Gasteiger partial charge in [0, 0.05) is 38.8 Å². The van der Waals surface area contributed by atoms with Crippen LogP contribution in [0.5, 0.6) is 0 Å². The Kier molecular flexibility index (Phi) is 6.73. The summed E-state index contributed by atoms with van der Waals surface area (Å²) in [5.41, 5.74) is 0.558. The smallest absolute Gasteiger partial charge is 0.0110 e. The van der Waals surface area contributed by atoms with Gasteiger partial charge in [0.05, 0.1) is 0 Å². The van der Waals surface area contributed by atoms with E-state index in [1.54, 1.807) is 0 Å². The van der Waals surface area contributed by atoms with Crippen molar-refractivity contribution in [2.45, 2.75) is 59.9 Å². The van der Waals surface area contributed by atoms with Gasteiger partial charge in [0.15, 0.2) is 0 Å². The van der Waals surface area contributed by atoms with Crippen molar-refractivity contribution in [3.63, 3.8) is 0 Å². The van der Waals surface area contributed by atoms with E-state index in [0.717, 1.165) is 17.9 Å². The van der Waals surface area contributed by atoms with Crippen LogP contribution in [0.15, 0.2) is 0 Å². The second kappa shape index (κ2) is 8.12. The minimum atomic E-state index is 0.558. The van der Waals surface area contributed by atoms with Crippen LogP contribution in [-0.4, -0.2) is 61.7 Å². The zero-order chi connectivity index (χ0) is 16.2. The lowest BCUT2D eigenvalue weighted by Crippen LogP contribution is -2.49. The second-order valence-electron chi connectivity index (χ2n) is 8.74. The predicted molar refractivity (Wildman–Crippen MR) is 96.3 cm³/mol. The largest absolute Gasteiger partial charge is 0.313 e. The molecule has 3 atom stereocenters. The molecule has 0 aromatic rings. The van der Waals surface area contributed by atoms with Gasteiger partial charge in [0.25, 0.3) is 0 Å². The molecule has 1 N–H and O–H groups in total. The predicted octanol–water partition coefficient (Wildman–Crippen LogP) is 3.06. The molecule has 1 saturated carbocycles. The first-order valence-corrected chi connectivity index (χ1v) is 9.57. The summed E-state index contributed by atoms with van der Waals surface area (Å²) < 4.78 is 0. The van der Waals surface area contributed by atoms with Crippen LogP contribution in [0.2, 0.25) is 0 Å². The maximum absolute atomic E-state index is 3.88. The Morgan fingerprint density at radius 3 is 2.36 bits per heavy atom. The van der Waals surface area contributed by atoms with Gasteiger partial charge in [-0.15, -0.1) is 0 Å². The van der Waals surface area contributed by atoms with E-state index in [0.29, 0.717) is 5.41 Å². The van der Waals surface area contributed by atoms with Crippen molar-refractivity contribution in [3.8, 4) is 0 Å². The van der Waals surface area contributed by atoms with E-state index in [1.807, 2.05) is 0 Å². The average Bonchev–Trinajstić information content (AvgIpc) is 2.46. The van der Waals surface area contributed by atoms with Gasteiger partial charge in [-0.2, -0.15) is 0 Å². The first-order chi connectivity index (χ1) is 10.4. The number of nitrogens with one attached hydrogen (secondary N) is 1. The summed E-state index contributed by atoms with van der Waals surface area (Å²) in [5.74, 6) is 1.58. The van der Waals surface area contributed by atoms with Gasteiger partial charge in [0.1, 0.15) is 0 Å². The fourth-order valence-electron chi connectivity index (χ4n) is 4.40. The molecule has 1 aliphatic heterocycles. The molecule has 3 nitrogen and oxygen atoms in total. The molecular weight excluding hydrogens is 270 g/mol. The molecule has 3 heteroatoms. The quantitative estimate of drug-likeness (QED) is 0.813. The Morgan fingerprint density at radius 1 is 1.14 bits per heavy atom. The fourth-order valence-corrected chi connectivity index (χ4v) is 4.40. The van der Waals surface area contributed by atoms with Gasteiger partial charge in [-0.1, -0.05) is 34.6 Å². The van der Waals surface area contributed by atoms with Crippen LogP contribution in [0, 0.1) is 17.3 Å². The molecule has 130 valence electrons. The zero-order valence-electron chi connectivity index (χ0n) is 15.7. The normalized spacial score (nSPS) is 32.0. The highest BCUT2D eigenvalue weighted by molar-refractivity contribution is 4.87. The maximum Gasteiger partial charge on any atom is 0.0110 e. The molecule has 0 unspecified atom stereocenters. The van der Waals surface area contributed by atoms with Gasteiger partial charge in [-0.3, -0.25) is 0 Å². The average molecular weight is 310 g/mol. The van der Waals surface area contributed by atoms with Gasteiger partial charge in [-0.05, 0) is 49.6 Å². The third-order valence-corrected chi connectivity index (χ3v) is 5.90. The first-order valence-electron chi connectivity index (χ1n) is 9.57. The van der Waals surface area contributed by atoms with E-state index in [9.17, 15) is 0 Å². The minimum Gasteiger partial charge on any atom is -0.313 e. The minimum absolute atomic E-state index is 0.558. The fraction of sp³-hybridized carbons (Fsp3) is 1.00. The maximum atomic E-state index is 3.88. The Bertz CT molecular complexity index is 321. The van der Waals surface area contributed by atoms with Gasteiger partial charge >= 0.3 is 0 Å².